The molecule has 182 valence electrons. The number of carbonyl (C=O) groups is 2. The van der Waals surface area contributed by atoms with Gasteiger partial charge in [0.15, 0.2) is 18.9 Å². The Bertz CT molecular complexity index is 672. The first-order valence-electron chi connectivity index (χ1n) is 10.9. The first-order valence-corrected chi connectivity index (χ1v) is 10.9. The normalized spacial score (nSPS) is 39.1. The second-order valence-electron chi connectivity index (χ2n) is 9.66. The van der Waals surface area contributed by atoms with Gasteiger partial charge in [-0.2, -0.15) is 0 Å². The van der Waals surface area contributed by atoms with Gasteiger partial charge < -0.3 is 39.0 Å². The molecule has 32 heavy (non-hydrogen) atoms. The summed E-state index contributed by atoms with van der Waals surface area (Å²) < 4.78 is 28.3. The average Bonchev–Trinajstić information content (AvgIpc) is 2.56. The predicted octanol–water partition coefficient (Wildman–Crippen LogP) is 1.25. The van der Waals surface area contributed by atoms with E-state index in [4.69, 9.17) is 23.7 Å². The van der Waals surface area contributed by atoms with Crippen LogP contribution in [0.4, 0.5) is 0 Å². The van der Waals surface area contributed by atoms with Gasteiger partial charge in [0, 0.05) is 32.3 Å². The molecule has 0 radical (unpaired) electrons. The zero-order valence-electron chi connectivity index (χ0n) is 19.0. The van der Waals surface area contributed by atoms with Gasteiger partial charge in [-0.15, -0.1) is 0 Å². The summed E-state index contributed by atoms with van der Waals surface area (Å²) in [5.74, 6) is -1.36. The number of hydrogen-bond acceptors (Lipinski definition) is 10. The van der Waals surface area contributed by atoms with Crippen LogP contribution >= 0.6 is 0 Å². The van der Waals surface area contributed by atoms with Crippen molar-refractivity contribution < 1.29 is 48.6 Å². The van der Waals surface area contributed by atoms with Crippen molar-refractivity contribution in [2.45, 2.75) is 108 Å². The lowest BCUT2D eigenvalue weighted by atomic mass is 9.44. The number of rotatable bonds is 10. The molecule has 4 saturated carbocycles. The lowest BCUT2D eigenvalue weighted by molar-refractivity contribution is -0.359. The maximum atomic E-state index is 13.5. The third kappa shape index (κ3) is 5.00. The van der Waals surface area contributed by atoms with Gasteiger partial charge >= 0.3 is 11.9 Å². The summed E-state index contributed by atoms with van der Waals surface area (Å²) in [5, 5.41) is 30.2. The van der Waals surface area contributed by atoms with Crippen LogP contribution in [0.25, 0.3) is 0 Å². The monoisotopic (exact) mass is 458 g/mol. The largest absolute Gasteiger partial charge is 0.425 e. The molecular weight excluding hydrogens is 424 g/mol. The topological polar surface area (TPSA) is 141 Å². The van der Waals surface area contributed by atoms with Crippen molar-refractivity contribution in [1.29, 1.82) is 0 Å². The fourth-order valence-electron chi connectivity index (χ4n) is 6.55. The zero-order chi connectivity index (χ0) is 23.9. The zero-order valence-corrected chi connectivity index (χ0v) is 19.0. The molecule has 4 rings (SSSR count). The predicted molar refractivity (Wildman–Crippen MR) is 108 cm³/mol. The molecule has 0 spiro atoms. The Morgan fingerprint density at radius 2 is 1.12 bits per heavy atom. The molecule has 4 unspecified atom stereocenters. The minimum atomic E-state index is -1.16. The van der Waals surface area contributed by atoms with Crippen LogP contribution in [-0.2, 0) is 33.3 Å². The van der Waals surface area contributed by atoms with Gasteiger partial charge in [0.25, 0.3) is 0 Å². The number of esters is 2. The van der Waals surface area contributed by atoms with E-state index >= 15 is 0 Å². The van der Waals surface area contributed by atoms with E-state index in [0.29, 0.717) is 19.3 Å². The number of aliphatic hydroxyl groups excluding tert-OH is 3. The molecule has 0 aromatic heterocycles. The molecule has 4 atom stereocenters. The van der Waals surface area contributed by atoms with Gasteiger partial charge in [-0.3, -0.25) is 4.79 Å². The van der Waals surface area contributed by atoms with E-state index in [0.717, 1.165) is 6.08 Å². The maximum absolute atomic E-state index is 13.5. The molecule has 10 heteroatoms. The van der Waals surface area contributed by atoms with Crippen molar-refractivity contribution in [2.75, 3.05) is 0 Å². The minimum absolute atomic E-state index is 0.224. The summed E-state index contributed by atoms with van der Waals surface area (Å²) in [4.78, 5) is 25.0. The van der Waals surface area contributed by atoms with Gasteiger partial charge in [0.1, 0.15) is 0 Å². The Hall–Kier alpha value is -1.56. The molecule has 0 saturated heterocycles. The SMILES string of the molecule is C=CC(=O)OC(C)OC(=O)C12CC3(OC(C)O)CC(OC(C)O)(CC(OC(C)O)(C3)C1)C2. The van der Waals surface area contributed by atoms with Crippen LogP contribution in [0.3, 0.4) is 0 Å². The molecule has 4 fully saturated rings. The lowest BCUT2D eigenvalue weighted by Crippen LogP contribution is -2.73. The molecule has 3 N–H and O–H groups in total. The van der Waals surface area contributed by atoms with Crippen LogP contribution in [-0.4, -0.2) is 69.2 Å². The molecular formula is C22H34O10. The van der Waals surface area contributed by atoms with Crippen molar-refractivity contribution in [3.05, 3.63) is 12.7 Å². The van der Waals surface area contributed by atoms with E-state index in [1.807, 2.05) is 0 Å². The number of hydrogen-bond donors (Lipinski definition) is 3. The number of ether oxygens (including phenoxy) is 5. The van der Waals surface area contributed by atoms with Crippen LogP contribution < -0.4 is 0 Å². The second kappa shape index (κ2) is 8.66. The Morgan fingerprint density at radius 3 is 1.44 bits per heavy atom. The highest BCUT2D eigenvalue weighted by atomic mass is 16.7. The molecule has 0 aromatic carbocycles. The third-order valence-electron chi connectivity index (χ3n) is 6.33. The van der Waals surface area contributed by atoms with Gasteiger partial charge in [0.2, 0.25) is 6.29 Å². The summed E-state index contributed by atoms with van der Waals surface area (Å²) in [6, 6.07) is 0. The van der Waals surface area contributed by atoms with Crippen molar-refractivity contribution in [2.24, 2.45) is 5.41 Å². The van der Waals surface area contributed by atoms with Gasteiger partial charge in [-0.25, -0.2) is 4.79 Å². The molecule has 10 nitrogen and oxygen atoms in total. The van der Waals surface area contributed by atoms with E-state index in [-0.39, 0.29) is 19.3 Å². The van der Waals surface area contributed by atoms with Gasteiger partial charge in [0.05, 0.1) is 22.2 Å². The molecule has 4 bridgehead atoms. The van der Waals surface area contributed by atoms with Crippen LogP contribution in [0.1, 0.15) is 66.2 Å². The maximum Gasteiger partial charge on any atom is 0.333 e. The quantitative estimate of drug-likeness (QED) is 0.249. The third-order valence-corrected chi connectivity index (χ3v) is 6.33. The van der Waals surface area contributed by atoms with Gasteiger partial charge in [-0.05, 0) is 40.0 Å². The molecule has 4 aliphatic carbocycles. The minimum Gasteiger partial charge on any atom is -0.425 e. The Morgan fingerprint density at radius 1 is 0.750 bits per heavy atom. The summed E-state index contributed by atoms with van der Waals surface area (Å²) in [6.07, 6.45) is -1.90. The summed E-state index contributed by atoms with van der Waals surface area (Å²) >= 11 is 0. The fraction of sp³-hybridized carbons (Fsp3) is 0.818. The Kier molecular flexibility index (Phi) is 6.78. The van der Waals surface area contributed by atoms with Crippen LogP contribution in [0.5, 0.6) is 0 Å². The number of carbonyl (C=O) groups excluding carboxylic acids is 2. The van der Waals surface area contributed by atoms with Crippen LogP contribution in [0.15, 0.2) is 12.7 Å². The van der Waals surface area contributed by atoms with Crippen LogP contribution in [0.2, 0.25) is 0 Å². The Balaban J connectivity index is 2.00. The highest BCUT2D eigenvalue weighted by Crippen LogP contribution is 2.68. The molecule has 4 aliphatic rings. The average molecular weight is 459 g/mol. The standard InChI is InChI=1S/C22H34O10/c1-6-17(26)28-16(5)29-18(27)19-7-20(30-13(2)23)10-21(8-19,31-14(3)24)12-22(9-19,11-20)32-15(4)25/h6,13-16,23-25H,1,7-12H2,2-5H3. The lowest BCUT2D eigenvalue weighted by Gasteiger charge is -2.68. The summed E-state index contributed by atoms with van der Waals surface area (Å²) in [6.45, 7) is 9.18. The van der Waals surface area contributed by atoms with Crippen molar-refractivity contribution in [3.63, 3.8) is 0 Å². The highest BCUT2D eigenvalue weighted by molar-refractivity contribution is 5.82. The van der Waals surface area contributed by atoms with E-state index in [1.165, 1.54) is 27.7 Å². The smallest absolute Gasteiger partial charge is 0.333 e. The van der Waals surface area contributed by atoms with Crippen LogP contribution in [0, 0.1) is 5.41 Å². The summed E-state index contributed by atoms with van der Waals surface area (Å²) in [7, 11) is 0. The van der Waals surface area contributed by atoms with Crippen molar-refractivity contribution in [3.8, 4) is 0 Å². The van der Waals surface area contributed by atoms with E-state index in [1.54, 1.807) is 0 Å². The first kappa shape index (κ1) is 25.1. The van der Waals surface area contributed by atoms with E-state index in [2.05, 4.69) is 6.58 Å². The molecule has 0 aromatic rings. The second-order valence-corrected chi connectivity index (χ2v) is 9.66. The fourth-order valence-corrected chi connectivity index (χ4v) is 6.55. The molecule has 0 amide bonds. The highest BCUT2D eigenvalue weighted by Gasteiger charge is 2.73. The number of aliphatic hydroxyl groups is 3. The van der Waals surface area contributed by atoms with Crippen molar-refractivity contribution in [1.82, 2.24) is 0 Å². The van der Waals surface area contributed by atoms with E-state index in [9.17, 15) is 24.9 Å². The van der Waals surface area contributed by atoms with Crippen molar-refractivity contribution >= 4 is 11.9 Å². The van der Waals surface area contributed by atoms with E-state index < -0.39 is 59.3 Å². The first-order chi connectivity index (χ1) is 14.8. The molecule has 0 heterocycles. The Labute approximate surface area is 187 Å². The summed E-state index contributed by atoms with van der Waals surface area (Å²) in [5.41, 5.74) is -4.19. The molecule has 0 aliphatic heterocycles. The van der Waals surface area contributed by atoms with Gasteiger partial charge in [-0.1, -0.05) is 6.58 Å².